The van der Waals surface area contributed by atoms with E-state index in [0.717, 1.165) is 68.0 Å². The first kappa shape index (κ1) is 30.7. The van der Waals surface area contributed by atoms with E-state index >= 15 is 0 Å². The van der Waals surface area contributed by atoms with E-state index in [9.17, 15) is 0 Å². The Balaban J connectivity index is 1.71. The topological polar surface area (TPSA) is 3.24 Å². The lowest BCUT2D eigenvalue weighted by atomic mass is 9.63. The molecule has 0 saturated heterocycles. The number of hydrogen-bond acceptors (Lipinski definition) is 1. The van der Waals surface area contributed by atoms with Gasteiger partial charge in [0.2, 0.25) is 0 Å². The smallest absolute Gasteiger partial charge is 0.0408 e. The van der Waals surface area contributed by atoms with Crippen molar-refractivity contribution in [2.24, 2.45) is 23.2 Å². The zero-order chi connectivity index (χ0) is 29.0. The SMILES string of the molecule is C=C=C(CC(C)(C)C)c1ccc2c(c1)N(CC1C(C)CC1CCC(=C)C)CC(c1ccc(Cl)cc1CCC)CC2. The molecule has 0 spiro atoms. The number of nitrogens with zero attached hydrogens (tertiary/aromatic N) is 1. The third kappa shape index (κ3) is 7.54. The van der Waals surface area contributed by atoms with Crippen LogP contribution in [0.1, 0.15) is 108 Å². The van der Waals surface area contributed by atoms with Gasteiger partial charge in [-0.25, -0.2) is 0 Å². The highest BCUT2D eigenvalue weighted by atomic mass is 35.5. The van der Waals surface area contributed by atoms with E-state index in [4.69, 9.17) is 11.6 Å². The molecule has 0 bridgehead atoms. The maximum Gasteiger partial charge on any atom is 0.0408 e. The molecular weight excluding hydrogens is 506 g/mol. The second-order valence-electron chi connectivity index (χ2n) is 14.1. The van der Waals surface area contributed by atoms with Crippen molar-refractivity contribution >= 4 is 22.9 Å². The van der Waals surface area contributed by atoms with Crippen LogP contribution in [0, 0.1) is 23.2 Å². The van der Waals surface area contributed by atoms with Gasteiger partial charge >= 0.3 is 0 Å². The number of anilines is 1. The zero-order valence-corrected chi connectivity index (χ0v) is 26.8. The first-order chi connectivity index (χ1) is 19.0. The van der Waals surface area contributed by atoms with E-state index in [2.05, 4.69) is 102 Å². The predicted octanol–water partition coefficient (Wildman–Crippen LogP) is 11.1. The Morgan fingerprint density at radius 2 is 1.93 bits per heavy atom. The number of fused-ring (bicyclic) bond motifs is 1. The highest BCUT2D eigenvalue weighted by Crippen LogP contribution is 2.46. The maximum atomic E-state index is 6.48. The van der Waals surface area contributed by atoms with Crippen molar-refractivity contribution in [2.75, 3.05) is 18.0 Å². The van der Waals surface area contributed by atoms with Crippen molar-refractivity contribution in [3.8, 4) is 0 Å². The number of hydrogen-bond donors (Lipinski definition) is 0. The van der Waals surface area contributed by atoms with Gasteiger partial charge in [-0.1, -0.05) is 83.0 Å². The summed E-state index contributed by atoms with van der Waals surface area (Å²) >= 11 is 6.48. The van der Waals surface area contributed by atoms with Crippen LogP contribution >= 0.6 is 11.6 Å². The van der Waals surface area contributed by atoms with Crippen molar-refractivity contribution in [3.05, 3.63) is 88.1 Å². The average molecular weight is 558 g/mol. The molecule has 1 aliphatic carbocycles. The summed E-state index contributed by atoms with van der Waals surface area (Å²) in [6.07, 6.45) is 9.28. The number of benzene rings is 2. The summed E-state index contributed by atoms with van der Waals surface area (Å²) in [7, 11) is 0. The molecule has 40 heavy (non-hydrogen) atoms. The van der Waals surface area contributed by atoms with Crippen molar-refractivity contribution in [1.82, 2.24) is 0 Å². The Labute approximate surface area is 250 Å². The molecule has 1 aliphatic heterocycles. The molecule has 2 heteroatoms. The molecule has 0 amide bonds. The van der Waals surface area contributed by atoms with E-state index in [1.165, 1.54) is 58.3 Å². The molecule has 216 valence electrons. The number of aryl methyl sites for hydroxylation is 2. The Hall–Kier alpha value is -2.21. The van der Waals surface area contributed by atoms with Gasteiger partial charge in [-0.05, 0) is 115 Å². The molecule has 4 rings (SSSR count). The molecule has 4 unspecified atom stereocenters. The van der Waals surface area contributed by atoms with Crippen LogP contribution in [0.4, 0.5) is 5.69 Å². The third-order valence-electron chi connectivity index (χ3n) is 9.35. The van der Waals surface area contributed by atoms with E-state index in [0.29, 0.717) is 5.92 Å². The molecule has 1 saturated carbocycles. The minimum Gasteiger partial charge on any atom is -0.370 e. The highest BCUT2D eigenvalue weighted by Gasteiger charge is 2.39. The van der Waals surface area contributed by atoms with Crippen molar-refractivity contribution in [2.45, 2.75) is 98.8 Å². The monoisotopic (exact) mass is 557 g/mol. The van der Waals surface area contributed by atoms with Crippen LogP contribution in [-0.2, 0) is 12.8 Å². The lowest BCUT2D eigenvalue weighted by Crippen LogP contribution is -2.44. The first-order valence-electron chi connectivity index (χ1n) is 15.7. The Morgan fingerprint density at radius 3 is 2.58 bits per heavy atom. The van der Waals surface area contributed by atoms with Crippen molar-refractivity contribution in [1.29, 1.82) is 0 Å². The van der Waals surface area contributed by atoms with Crippen LogP contribution in [0.5, 0.6) is 0 Å². The second kappa shape index (κ2) is 13.2. The summed E-state index contributed by atoms with van der Waals surface area (Å²) in [6, 6.07) is 13.8. The van der Waals surface area contributed by atoms with Gasteiger partial charge in [0.15, 0.2) is 0 Å². The van der Waals surface area contributed by atoms with Crippen molar-refractivity contribution in [3.63, 3.8) is 0 Å². The minimum absolute atomic E-state index is 0.194. The van der Waals surface area contributed by atoms with Gasteiger partial charge < -0.3 is 4.90 Å². The fourth-order valence-electron chi connectivity index (χ4n) is 7.17. The van der Waals surface area contributed by atoms with Crippen LogP contribution in [0.3, 0.4) is 0 Å². The number of halogens is 1. The van der Waals surface area contributed by atoms with E-state index in [1.807, 2.05) is 0 Å². The maximum absolute atomic E-state index is 6.48. The largest absolute Gasteiger partial charge is 0.370 e. The number of rotatable bonds is 10. The lowest BCUT2D eigenvalue weighted by Gasteiger charge is -2.47. The van der Waals surface area contributed by atoms with Crippen LogP contribution in [0.2, 0.25) is 5.02 Å². The van der Waals surface area contributed by atoms with Gasteiger partial charge in [0, 0.05) is 35.3 Å². The second-order valence-corrected chi connectivity index (χ2v) is 14.5. The van der Waals surface area contributed by atoms with E-state index in [1.54, 1.807) is 0 Å². The van der Waals surface area contributed by atoms with Crippen LogP contribution in [0.25, 0.3) is 5.57 Å². The van der Waals surface area contributed by atoms with Crippen molar-refractivity contribution < 1.29 is 0 Å². The van der Waals surface area contributed by atoms with Gasteiger partial charge in [-0.3, -0.25) is 0 Å². The Morgan fingerprint density at radius 1 is 1.15 bits per heavy atom. The summed E-state index contributed by atoms with van der Waals surface area (Å²) < 4.78 is 0. The summed E-state index contributed by atoms with van der Waals surface area (Å²) in [5, 5.41) is 0.858. The molecular formula is C38H52ClN. The van der Waals surface area contributed by atoms with E-state index in [-0.39, 0.29) is 5.41 Å². The number of allylic oxidation sites excluding steroid dienone is 2. The predicted molar refractivity (Wildman–Crippen MR) is 177 cm³/mol. The van der Waals surface area contributed by atoms with Gasteiger partial charge in [-0.2, -0.15) is 0 Å². The van der Waals surface area contributed by atoms with Gasteiger partial charge in [0.1, 0.15) is 0 Å². The Bertz CT molecular complexity index is 1240. The summed E-state index contributed by atoms with van der Waals surface area (Å²) in [6.45, 7) is 24.3. The average Bonchev–Trinajstić information content (AvgIpc) is 3.07. The molecule has 2 aliphatic rings. The third-order valence-corrected chi connectivity index (χ3v) is 9.58. The minimum atomic E-state index is 0.194. The van der Waals surface area contributed by atoms with Crippen LogP contribution in [0.15, 0.2) is 60.9 Å². The molecule has 1 heterocycles. The highest BCUT2D eigenvalue weighted by molar-refractivity contribution is 6.30. The fourth-order valence-corrected chi connectivity index (χ4v) is 7.36. The quantitative estimate of drug-likeness (QED) is 0.207. The molecule has 0 aromatic heterocycles. The van der Waals surface area contributed by atoms with Crippen LogP contribution in [-0.4, -0.2) is 13.1 Å². The van der Waals surface area contributed by atoms with Crippen LogP contribution < -0.4 is 4.90 Å². The van der Waals surface area contributed by atoms with Gasteiger partial charge in [0.05, 0.1) is 0 Å². The van der Waals surface area contributed by atoms with Gasteiger partial charge in [0.25, 0.3) is 0 Å². The van der Waals surface area contributed by atoms with E-state index < -0.39 is 0 Å². The molecule has 4 atom stereocenters. The molecule has 0 radical (unpaired) electrons. The molecule has 2 aromatic carbocycles. The normalized spacial score (nSPS) is 22.6. The molecule has 2 aromatic rings. The fraction of sp³-hybridized carbons (Fsp3) is 0.553. The first-order valence-corrected chi connectivity index (χ1v) is 16.1. The molecule has 1 fully saturated rings. The summed E-state index contributed by atoms with van der Waals surface area (Å²) in [5.41, 5.74) is 13.2. The Kier molecular flexibility index (Phi) is 10.1. The van der Waals surface area contributed by atoms with Gasteiger partial charge in [-0.15, -0.1) is 12.3 Å². The molecule has 0 N–H and O–H groups in total. The standard InChI is InChI=1S/C38H52ClN/c1-9-11-31-21-34(39)18-19-35(31)33-17-15-29-14-16-30(28(10-2)23-38(6,7)8)22-37(29)40(24-33)25-36-27(5)20-32(36)13-12-26(3)4/h14,16,18-19,21-22,27,32-33,36H,2-3,9,11-13,15,17,20,23-25H2,1,4-8H3. The summed E-state index contributed by atoms with van der Waals surface area (Å²) in [5.74, 6) is 2.82. The molecule has 1 nitrogen and oxygen atoms in total. The lowest BCUT2D eigenvalue weighted by molar-refractivity contribution is 0.0836. The summed E-state index contributed by atoms with van der Waals surface area (Å²) in [4.78, 5) is 2.77. The zero-order valence-electron chi connectivity index (χ0n) is 26.1.